The summed E-state index contributed by atoms with van der Waals surface area (Å²) in [6.45, 7) is -0.893. The summed E-state index contributed by atoms with van der Waals surface area (Å²) in [5.41, 5.74) is 0. The van der Waals surface area contributed by atoms with Gasteiger partial charge in [0.2, 0.25) is 0 Å². The van der Waals surface area contributed by atoms with Crippen LogP contribution in [0.2, 0.25) is 0 Å². The third kappa shape index (κ3) is 8.47. The standard InChI is InChI=1S/C5H11O8P.Na/c6-1-3(7)5(9)4(8)2-13-14(10,11)12;/h1,3-5,7-9H,2H2,(H2,10,11,12);/t3-,4+,5+;/m0./s1. The number of phosphoric acid groups is 1. The third-order valence-electron chi connectivity index (χ3n) is 1.30. The van der Waals surface area contributed by atoms with Gasteiger partial charge in [-0.05, 0) is 0 Å². The van der Waals surface area contributed by atoms with E-state index in [0.717, 1.165) is 0 Å². The van der Waals surface area contributed by atoms with Crippen LogP contribution < -0.4 is 0 Å². The van der Waals surface area contributed by atoms with Crippen molar-refractivity contribution in [3.05, 3.63) is 0 Å². The molecule has 5 N–H and O–H groups in total. The average molecular weight is 253 g/mol. The van der Waals surface area contributed by atoms with Crippen LogP contribution in [0.3, 0.4) is 0 Å². The topological polar surface area (TPSA) is 145 Å². The molecular weight excluding hydrogens is 242 g/mol. The summed E-state index contributed by atoms with van der Waals surface area (Å²) in [4.78, 5) is 26.4. The van der Waals surface area contributed by atoms with Crippen LogP contribution in [0.15, 0.2) is 0 Å². The average Bonchev–Trinajstić information content (AvgIpc) is 2.10. The number of aldehydes is 1. The van der Waals surface area contributed by atoms with Gasteiger partial charge in [-0.15, -0.1) is 0 Å². The van der Waals surface area contributed by atoms with Crippen molar-refractivity contribution in [1.82, 2.24) is 0 Å². The molecule has 0 aliphatic carbocycles. The van der Waals surface area contributed by atoms with Gasteiger partial charge < -0.3 is 29.9 Å². The zero-order valence-corrected chi connectivity index (χ0v) is 10.8. The molecule has 8 nitrogen and oxygen atoms in total. The Hall–Kier alpha value is 0.660. The van der Waals surface area contributed by atoms with Crippen LogP contribution in [-0.2, 0) is 13.9 Å². The SMILES string of the molecule is O=C[C@H](O)[C@@H](O)[C@H](O)COP(=O)(O)O.[Na]. The number of aliphatic hydroxyl groups excluding tert-OH is 3. The van der Waals surface area contributed by atoms with Gasteiger partial charge >= 0.3 is 7.82 Å². The van der Waals surface area contributed by atoms with Crippen molar-refractivity contribution < 1.29 is 39.0 Å². The number of carbonyl (C=O) groups is 1. The summed E-state index contributed by atoms with van der Waals surface area (Å²) in [7, 11) is -4.74. The summed E-state index contributed by atoms with van der Waals surface area (Å²) in [5.74, 6) is 0. The Balaban J connectivity index is 0. The predicted molar refractivity (Wildman–Crippen MR) is 47.8 cm³/mol. The van der Waals surface area contributed by atoms with E-state index in [0.29, 0.717) is 0 Å². The van der Waals surface area contributed by atoms with Gasteiger partial charge in [0.25, 0.3) is 0 Å². The molecule has 0 amide bonds. The first-order valence-corrected chi connectivity index (χ1v) is 5.00. The number of rotatable bonds is 6. The van der Waals surface area contributed by atoms with Gasteiger partial charge in [-0.3, -0.25) is 4.52 Å². The molecule has 15 heavy (non-hydrogen) atoms. The Labute approximate surface area is 107 Å². The number of hydrogen-bond donors (Lipinski definition) is 5. The van der Waals surface area contributed by atoms with Gasteiger partial charge in [-0.2, -0.15) is 0 Å². The summed E-state index contributed by atoms with van der Waals surface area (Å²) in [5, 5.41) is 26.6. The van der Waals surface area contributed by atoms with Crippen molar-refractivity contribution in [1.29, 1.82) is 0 Å². The molecule has 0 fully saturated rings. The van der Waals surface area contributed by atoms with Crippen LogP contribution in [0.25, 0.3) is 0 Å². The maximum atomic E-state index is 10.1. The van der Waals surface area contributed by atoms with Crippen molar-refractivity contribution in [3.8, 4) is 0 Å². The van der Waals surface area contributed by atoms with Crippen molar-refractivity contribution in [2.24, 2.45) is 0 Å². The summed E-state index contributed by atoms with van der Waals surface area (Å²) >= 11 is 0. The van der Waals surface area contributed by atoms with Gasteiger partial charge in [0.1, 0.15) is 18.3 Å². The minimum Gasteiger partial charge on any atom is -0.388 e. The van der Waals surface area contributed by atoms with Crippen LogP contribution >= 0.6 is 7.82 Å². The smallest absolute Gasteiger partial charge is 0.388 e. The second-order valence-electron chi connectivity index (χ2n) is 2.47. The molecule has 85 valence electrons. The first kappa shape index (κ1) is 18.0. The largest absolute Gasteiger partial charge is 0.469 e. The molecule has 0 aromatic carbocycles. The number of hydrogen-bond acceptors (Lipinski definition) is 6. The van der Waals surface area contributed by atoms with E-state index >= 15 is 0 Å². The number of carbonyl (C=O) groups excluding carboxylic acids is 1. The molecule has 0 unspecified atom stereocenters. The maximum Gasteiger partial charge on any atom is 0.469 e. The van der Waals surface area contributed by atoms with Crippen molar-refractivity contribution in [2.45, 2.75) is 18.3 Å². The molecule has 0 aliphatic rings. The molecule has 1 radical (unpaired) electrons. The van der Waals surface area contributed by atoms with E-state index in [1.54, 1.807) is 0 Å². The first-order valence-electron chi connectivity index (χ1n) is 3.47. The zero-order chi connectivity index (χ0) is 11.4. The number of phosphoric ester groups is 1. The molecule has 10 heteroatoms. The fourth-order valence-corrected chi connectivity index (χ4v) is 0.927. The van der Waals surface area contributed by atoms with Crippen LogP contribution in [0.1, 0.15) is 0 Å². The van der Waals surface area contributed by atoms with E-state index < -0.39 is 32.7 Å². The fourth-order valence-electron chi connectivity index (χ4n) is 0.580. The van der Waals surface area contributed by atoms with Crippen LogP contribution in [0, 0.1) is 0 Å². The van der Waals surface area contributed by atoms with Crippen LogP contribution in [0.5, 0.6) is 0 Å². The first-order chi connectivity index (χ1) is 6.28. The van der Waals surface area contributed by atoms with Crippen LogP contribution in [-0.4, -0.2) is 85.9 Å². The molecule has 3 atom stereocenters. The molecule has 0 bridgehead atoms. The molecule has 0 spiro atoms. The fraction of sp³-hybridized carbons (Fsp3) is 0.800. The minimum atomic E-state index is -4.74. The Bertz CT molecular complexity index is 229. The molecule has 0 saturated carbocycles. The maximum absolute atomic E-state index is 10.1. The molecule has 0 aromatic rings. The Morgan fingerprint density at radius 2 is 1.73 bits per heavy atom. The van der Waals surface area contributed by atoms with Crippen LogP contribution in [0.4, 0.5) is 0 Å². The summed E-state index contributed by atoms with van der Waals surface area (Å²) < 4.78 is 14.0. The van der Waals surface area contributed by atoms with Gasteiger partial charge in [0, 0.05) is 29.6 Å². The summed E-state index contributed by atoms with van der Waals surface area (Å²) in [6, 6.07) is 0. The van der Waals surface area contributed by atoms with Gasteiger partial charge in [0.15, 0.2) is 6.29 Å². The quantitative estimate of drug-likeness (QED) is 0.191. The molecular formula is C5H11NaO8P. The monoisotopic (exact) mass is 253 g/mol. The van der Waals surface area contributed by atoms with Gasteiger partial charge in [-0.1, -0.05) is 0 Å². The number of aliphatic hydroxyl groups is 3. The predicted octanol–water partition coefficient (Wildman–Crippen LogP) is -3.00. The van der Waals surface area contributed by atoms with E-state index in [-0.39, 0.29) is 35.8 Å². The van der Waals surface area contributed by atoms with Crippen molar-refractivity contribution in [2.75, 3.05) is 6.61 Å². The van der Waals surface area contributed by atoms with E-state index in [2.05, 4.69) is 4.52 Å². The molecule has 0 saturated heterocycles. The third-order valence-corrected chi connectivity index (χ3v) is 1.78. The van der Waals surface area contributed by atoms with Crippen molar-refractivity contribution >= 4 is 43.7 Å². The Morgan fingerprint density at radius 1 is 1.27 bits per heavy atom. The second kappa shape index (κ2) is 7.86. The van der Waals surface area contributed by atoms with E-state index in [4.69, 9.17) is 25.1 Å². The van der Waals surface area contributed by atoms with Crippen molar-refractivity contribution in [3.63, 3.8) is 0 Å². The van der Waals surface area contributed by atoms with E-state index in [1.165, 1.54) is 0 Å². The second-order valence-corrected chi connectivity index (χ2v) is 3.71. The van der Waals surface area contributed by atoms with E-state index in [9.17, 15) is 9.36 Å². The van der Waals surface area contributed by atoms with Gasteiger partial charge in [-0.25, -0.2) is 4.57 Å². The molecule has 0 heterocycles. The molecule has 0 rings (SSSR count). The Kier molecular flexibility index (Phi) is 9.45. The summed E-state index contributed by atoms with van der Waals surface area (Å²) in [6.07, 6.45) is -5.46. The zero-order valence-electron chi connectivity index (χ0n) is 7.92. The van der Waals surface area contributed by atoms with Gasteiger partial charge in [0.05, 0.1) is 6.61 Å². The normalized spacial score (nSPS) is 17.4. The molecule has 0 aromatic heterocycles. The Morgan fingerprint density at radius 3 is 2.07 bits per heavy atom. The molecule has 0 aliphatic heterocycles. The van der Waals surface area contributed by atoms with E-state index in [1.807, 2.05) is 0 Å². The minimum absolute atomic E-state index is 0.